The molecule has 0 amide bonds. The van der Waals surface area contributed by atoms with Gasteiger partial charge in [0.25, 0.3) is 0 Å². The van der Waals surface area contributed by atoms with Crippen molar-refractivity contribution in [1.82, 2.24) is 19.5 Å². The number of imidazole rings is 1. The summed E-state index contributed by atoms with van der Waals surface area (Å²) < 4.78 is 83.2. The molecule has 0 radical (unpaired) electrons. The van der Waals surface area contributed by atoms with E-state index in [2.05, 4.69) is 28.1 Å². The zero-order valence-corrected chi connectivity index (χ0v) is 20.6. The fraction of sp³-hybridized carbons (Fsp3) is 0.417. The zero-order chi connectivity index (χ0) is 28.2. The van der Waals surface area contributed by atoms with E-state index in [0.29, 0.717) is 0 Å². The maximum atomic E-state index is 16.0. The number of alkyl halides is 1. The van der Waals surface area contributed by atoms with E-state index in [4.69, 9.17) is 46.8 Å². The molecule has 2 aromatic rings. The quantitative estimate of drug-likeness (QED) is 0.124. The van der Waals surface area contributed by atoms with Crippen molar-refractivity contribution in [2.24, 2.45) is 0 Å². The van der Waals surface area contributed by atoms with E-state index in [9.17, 15) is 28.6 Å². The van der Waals surface area contributed by atoms with Crippen LogP contribution in [0.4, 0.5) is 10.3 Å². The monoisotopic (exact) mass is 601 g/mol. The van der Waals surface area contributed by atoms with E-state index in [1.54, 1.807) is 11.3 Å². The lowest BCUT2D eigenvalue weighted by Gasteiger charge is -2.23. The molecule has 23 heteroatoms. The molecular weight excluding hydrogens is 586 g/mol. The maximum absolute atomic E-state index is 16.0. The standard InChI is InChI=1S/C12H14ClFN5O12P3S/c13-2-1-12(14)7(20)5(3-28-33(24,25)31-34(26,27)30-32(21,22)23)29-10(12)19-4-16-6-8(19)17-11(15)18-9(6)35/h4-5,7,10,20H,3H2,(H,24,25)(H,26,27)(H2,21,22,23)(H3,15,17,18,35)/t5-,7+,10-,12?/m1/s1/i3D2. The lowest BCUT2D eigenvalue weighted by Crippen LogP contribution is -2.42. The Labute approximate surface area is 206 Å². The van der Waals surface area contributed by atoms with E-state index in [0.717, 1.165) is 10.9 Å². The second-order valence-corrected chi connectivity index (χ2v) is 11.3. The van der Waals surface area contributed by atoms with Crippen molar-refractivity contribution in [3.63, 3.8) is 0 Å². The number of aromatic nitrogens is 4. The van der Waals surface area contributed by atoms with Crippen LogP contribution in [0.5, 0.6) is 0 Å². The van der Waals surface area contributed by atoms with Crippen LogP contribution in [-0.2, 0) is 31.6 Å². The number of hydrogen-bond acceptors (Lipinski definition) is 12. The van der Waals surface area contributed by atoms with Gasteiger partial charge in [-0.3, -0.25) is 9.09 Å². The first-order valence-electron chi connectivity index (χ1n) is 9.43. The van der Waals surface area contributed by atoms with Crippen LogP contribution in [-0.4, -0.2) is 68.6 Å². The summed E-state index contributed by atoms with van der Waals surface area (Å²) in [7, 11) is -17.8. The van der Waals surface area contributed by atoms with Crippen LogP contribution >= 0.6 is 47.3 Å². The summed E-state index contributed by atoms with van der Waals surface area (Å²) in [4.78, 5) is 46.2. The minimum atomic E-state index is -6.09. The maximum Gasteiger partial charge on any atom is 0.490 e. The van der Waals surface area contributed by atoms with Crippen LogP contribution in [0, 0.1) is 15.9 Å². The number of fused-ring (bicyclic) bond motifs is 1. The number of anilines is 1. The van der Waals surface area contributed by atoms with Crippen molar-refractivity contribution in [1.29, 1.82) is 0 Å². The van der Waals surface area contributed by atoms with Crippen LogP contribution in [0.15, 0.2) is 6.33 Å². The van der Waals surface area contributed by atoms with Gasteiger partial charge in [-0.05, 0) is 17.5 Å². The first-order chi connectivity index (χ1) is 16.7. The van der Waals surface area contributed by atoms with Gasteiger partial charge in [-0.1, -0.05) is 12.2 Å². The molecule has 2 aromatic heterocycles. The number of aliphatic hydroxyl groups is 1. The summed E-state index contributed by atoms with van der Waals surface area (Å²) >= 11 is 10.3. The normalized spacial score (nSPS) is 29.5. The fourth-order valence-corrected chi connectivity index (χ4v) is 6.06. The third kappa shape index (κ3) is 6.34. The highest BCUT2D eigenvalue weighted by molar-refractivity contribution is 7.71. The molecule has 1 fully saturated rings. The van der Waals surface area contributed by atoms with Gasteiger partial charge in [0.2, 0.25) is 5.67 Å². The number of nitrogen functional groups attached to an aromatic ring is 1. The van der Waals surface area contributed by atoms with Crippen molar-refractivity contribution >= 4 is 64.4 Å². The van der Waals surface area contributed by atoms with Crippen LogP contribution in [0.25, 0.3) is 11.2 Å². The Kier molecular flexibility index (Phi) is 7.14. The Morgan fingerprint density at radius 1 is 1.37 bits per heavy atom. The van der Waals surface area contributed by atoms with Crippen molar-refractivity contribution < 1.29 is 63.4 Å². The smallest absolute Gasteiger partial charge is 0.386 e. The number of phosphoric ester groups is 1. The number of halogens is 2. The zero-order valence-electron chi connectivity index (χ0n) is 18.3. The summed E-state index contributed by atoms with van der Waals surface area (Å²) in [6, 6.07) is 0. The van der Waals surface area contributed by atoms with Crippen molar-refractivity contribution in [2.75, 3.05) is 12.3 Å². The molecule has 1 aliphatic heterocycles. The van der Waals surface area contributed by atoms with Crippen molar-refractivity contribution in [3.05, 3.63) is 11.0 Å². The number of ether oxygens (including phenoxy) is 1. The SMILES string of the molecule is [2H]C([2H])(OP(=O)(O)OP(=O)(O)OP(=O)(O)O)[C@H]1O[C@@H](n2cnc3c(=S)nc(N)[nH]c32)C(F)(C#CCl)[C@H]1O. The molecule has 8 N–H and O–H groups in total. The number of hydrogen-bond donors (Lipinski definition) is 7. The average molecular weight is 602 g/mol. The summed E-state index contributed by atoms with van der Waals surface area (Å²) in [5, 5.41) is 12.3. The van der Waals surface area contributed by atoms with E-state index in [1.165, 1.54) is 0 Å². The molecule has 35 heavy (non-hydrogen) atoms. The molecular formula is C12H14ClFN5O12P3S. The lowest BCUT2D eigenvalue weighted by molar-refractivity contribution is -0.0496. The highest BCUT2D eigenvalue weighted by Crippen LogP contribution is 2.66. The molecule has 0 saturated carbocycles. The van der Waals surface area contributed by atoms with Gasteiger partial charge in [0.05, 0.1) is 15.6 Å². The molecule has 1 aliphatic rings. The third-order valence-electron chi connectivity index (χ3n) is 4.01. The van der Waals surface area contributed by atoms with Gasteiger partial charge in [0, 0.05) is 5.38 Å². The second kappa shape index (κ2) is 9.86. The van der Waals surface area contributed by atoms with E-state index < -0.39 is 54.1 Å². The number of aliphatic hydroxyl groups excluding tert-OH is 1. The van der Waals surface area contributed by atoms with E-state index in [1.807, 2.05) is 0 Å². The van der Waals surface area contributed by atoms with Gasteiger partial charge in [-0.2, -0.15) is 8.62 Å². The molecule has 0 bridgehead atoms. The molecule has 0 aromatic carbocycles. The Bertz CT molecular complexity index is 1500. The molecule has 6 atom stereocenters. The van der Waals surface area contributed by atoms with Gasteiger partial charge in [-0.25, -0.2) is 28.1 Å². The Morgan fingerprint density at radius 3 is 2.63 bits per heavy atom. The van der Waals surface area contributed by atoms with Gasteiger partial charge < -0.3 is 40.1 Å². The molecule has 3 heterocycles. The number of rotatable bonds is 8. The molecule has 17 nitrogen and oxygen atoms in total. The van der Waals surface area contributed by atoms with Crippen LogP contribution < -0.4 is 5.73 Å². The van der Waals surface area contributed by atoms with E-state index >= 15 is 4.39 Å². The number of aromatic amines is 1. The predicted octanol–water partition coefficient (Wildman–Crippen LogP) is 0.581. The summed E-state index contributed by atoms with van der Waals surface area (Å²) in [6.45, 7) is -3.73. The molecule has 0 spiro atoms. The Balaban J connectivity index is 1.99. The summed E-state index contributed by atoms with van der Waals surface area (Å²) in [6.07, 6.45) is -6.34. The third-order valence-corrected chi connectivity index (χ3v) is 8.05. The van der Waals surface area contributed by atoms with Crippen LogP contribution in [0.1, 0.15) is 8.97 Å². The number of nitrogens with zero attached hydrogens (tertiary/aromatic N) is 3. The van der Waals surface area contributed by atoms with Crippen molar-refractivity contribution in [2.45, 2.75) is 24.1 Å². The number of nitrogens with two attached hydrogens (primary N) is 1. The van der Waals surface area contributed by atoms with Crippen LogP contribution in [0.2, 0.25) is 0 Å². The van der Waals surface area contributed by atoms with Crippen molar-refractivity contribution in [3.8, 4) is 11.3 Å². The fourth-order valence-electron chi connectivity index (χ4n) is 2.79. The van der Waals surface area contributed by atoms with Gasteiger partial charge in [0.15, 0.2) is 16.8 Å². The summed E-state index contributed by atoms with van der Waals surface area (Å²) in [5.74, 6) is 1.55. The van der Waals surface area contributed by atoms with Gasteiger partial charge in [-0.15, -0.1) is 0 Å². The predicted molar refractivity (Wildman–Crippen MR) is 114 cm³/mol. The topological polar surface area (TPSA) is 262 Å². The largest absolute Gasteiger partial charge is 0.490 e. The van der Waals surface area contributed by atoms with E-state index in [-0.39, 0.29) is 21.8 Å². The van der Waals surface area contributed by atoms with Gasteiger partial charge >= 0.3 is 23.5 Å². The Hall–Kier alpha value is -1.32. The first kappa shape index (κ1) is 25.3. The highest BCUT2D eigenvalue weighted by Gasteiger charge is 2.58. The minimum Gasteiger partial charge on any atom is -0.386 e. The highest BCUT2D eigenvalue weighted by atomic mass is 35.5. The lowest BCUT2D eigenvalue weighted by atomic mass is 9.97. The summed E-state index contributed by atoms with van der Waals surface area (Å²) in [5.41, 5.74) is 2.19. The van der Waals surface area contributed by atoms with Crippen LogP contribution in [0.3, 0.4) is 0 Å². The first-order valence-corrected chi connectivity index (χ1v) is 13.7. The minimum absolute atomic E-state index is 0.0248. The molecule has 194 valence electrons. The second-order valence-electron chi connectivity index (χ2n) is 6.42. The van der Waals surface area contributed by atoms with Gasteiger partial charge in [0.1, 0.15) is 23.4 Å². The average Bonchev–Trinajstić information content (AvgIpc) is 3.18. The number of phosphoric acid groups is 3. The Morgan fingerprint density at radius 2 is 2.03 bits per heavy atom. The molecule has 3 unspecified atom stereocenters. The number of nitrogens with one attached hydrogen (secondary N) is 1. The molecule has 1 saturated heterocycles. The molecule has 3 rings (SSSR count). The molecule has 0 aliphatic carbocycles. The number of H-pyrrole nitrogens is 1.